The summed E-state index contributed by atoms with van der Waals surface area (Å²) < 4.78 is 50.4. The quantitative estimate of drug-likeness (QED) is 0.489. The van der Waals surface area contributed by atoms with Crippen LogP contribution in [-0.4, -0.2) is 51.4 Å². The molecule has 0 N–H and O–H groups in total. The summed E-state index contributed by atoms with van der Waals surface area (Å²) >= 11 is 1.20. The number of nitrogens with zero attached hydrogens (tertiary/aromatic N) is 2. The smallest absolute Gasteiger partial charge is 0.229 e. The summed E-state index contributed by atoms with van der Waals surface area (Å²) in [5, 5.41) is 0.410. The van der Waals surface area contributed by atoms with E-state index < -0.39 is 9.84 Å². The van der Waals surface area contributed by atoms with Crippen molar-refractivity contribution >= 4 is 42.4 Å². The lowest BCUT2D eigenvalue weighted by Gasteiger charge is -2.23. The van der Waals surface area contributed by atoms with E-state index in [2.05, 4.69) is 4.98 Å². The van der Waals surface area contributed by atoms with Gasteiger partial charge in [0.25, 0.3) is 0 Å². The van der Waals surface area contributed by atoms with Crippen molar-refractivity contribution in [2.75, 3.05) is 30.9 Å². The van der Waals surface area contributed by atoms with Crippen LogP contribution >= 0.6 is 11.3 Å². The highest BCUT2D eigenvalue weighted by Crippen LogP contribution is 2.31. The van der Waals surface area contributed by atoms with Crippen LogP contribution in [0.25, 0.3) is 10.2 Å². The topological polar surface area (TPSA) is 85.8 Å². The largest absolute Gasteiger partial charge is 0.497 e. The van der Waals surface area contributed by atoms with Gasteiger partial charge in [-0.2, -0.15) is 0 Å². The number of sulfone groups is 1. The zero-order valence-electron chi connectivity index (χ0n) is 17.5. The average molecular weight is 479 g/mol. The van der Waals surface area contributed by atoms with Crippen LogP contribution in [0.4, 0.5) is 9.52 Å². The second kappa shape index (κ2) is 9.51. The van der Waals surface area contributed by atoms with E-state index in [-0.39, 0.29) is 41.4 Å². The number of hydrogen-bond acceptors (Lipinski definition) is 7. The molecule has 1 aliphatic heterocycles. The van der Waals surface area contributed by atoms with Gasteiger partial charge in [-0.15, -0.1) is 0 Å². The van der Waals surface area contributed by atoms with E-state index in [9.17, 15) is 17.6 Å². The highest BCUT2D eigenvalue weighted by Gasteiger charge is 2.27. The summed E-state index contributed by atoms with van der Waals surface area (Å²) in [5.74, 6) is -0.526. The summed E-state index contributed by atoms with van der Waals surface area (Å²) in [4.78, 5) is 19.2. The van der Waals surface area contributed by atoms with Gasteiger partial charge in [-0.05, 0) is 55.3 Å². The van der Waals surface area contributed by atoms with Crippen LogP contribution in [0.5, 0.6) is 5.75 Å². The summed E-state index contributed by atoms with van der Waals surface area (Å²) in [7, 11) is -2.15. The molecule has 1 fully saturated rings. The van der Waals surface area contributed by atoms with Gasteiger partial charge in [0.2, 0.25) is 5.91 Å². The molecule has 1 atom stereocenters. The van der Waals surface area contributed by atoms with E-state index in [0.29, 0.717) is 27.7 Å². The number of ether oxygens (including phenoxy) is 2. The maximum atomic E-state index is 13.6. The Morgan fingerprint density at radius 1 is 1.28 bits per heavy atom. The van der Waals surface area contributed by atoms with Crippen molar-refractivity contribution in [2.24, 2.45) is 0 Å². The van der Waals surface area contributed by atoms with E-state index in [0.717, 1.165) is 12.8 Å². The highest BCUT2D eigenvalue weighted by molar-refractivity contribution is 7.91. The molecule has 0 saturated carbocycles. The molecule has 10 heteroatoms. The average Bonchev–Trinajstić information content (AvgIpc) is 3.45. The van der Waals surface area contributed by atoms with Gasteiger partial charge in [-0.1, -0.05) is 11.3 Å². The molecule has 1 saturated heterocycles. The molecule has 2 aromatic carbocycles. The standard InChI is InChI=1S/C22H23FN2O5S2/c1-29-16-5-7-18(8-6-16)32(27,28)12-10-21(26)25(14-17-3-2-11-30-17)22-24-19-9-4-15(23)13-20(19)31-22/h4-9,13,17H,2-3,10-12,14H2,1H3. The second-order valence-electron chi connectivity index (χ2n) is 7.49. The van der Waals surface area contributed by atoms with Gasteiger partial charge in [0.05, 0.1) is 40.6 Å². The number of benzene rings is 2. The molecule has 2 heterocycles. The van der Waals surface area contributed by atoms with Crippen LogP contribution in [0.1, 0.15) is 19.3 Å². The van der Waals surface area contributed by atoms with Crippen LogP contribution in [0.3, 0.4) is 0 Å². The predicted molar refractivity (Wildman–Crippen MR) is 121 cm³/mol. The van der Waals surface area contributed by atoms with Crippen molar-refractivity contribution in [1.82, 2.24) is 4.98 Å². The first-order valence-corrected chi connectivity index (χ1v) is 12.7. The maximum absolute atomic E-state index is 13.6. The molecule has 170 valence electrons. The van der Waals surface area contributed by atoms with E-state index in [1.165, 1.54) is 47.6 Å². The highest BCUT2D eigenvalue weighted by atomic mass is 32.2. The minimum Gasteiger partial charge on any atom is -0.497 e. The third-order valence-electron chi connectivity index (χ3n) is 5.28. The van der Waals surface area contributed by atoms with Crippen LogP contribution in [0.2, 0.25) is 0 Å². The molecule has 0 spiro atoms. The number of halogens is 1. The molecule has 1 amide bonds. The van der Waals surface area contributed by atoms with Crippen molar-refractivity contribution in [3.63, 3.8) is 0 Å². The number of rotatable bonds is 8. The fraction of sp³-hybridized carbons (Fsp3) is 0.364. The molecule has 0 radical (unpaired) electrons. The Morgan fingerprint density at radius 2 is 2.06 bits per heavy atom. The van der Waals surface area contributed by atoms with Crippen LogP contribution in [0.15, 0.2) is 47.4 Å². The molecule has 1 aromatic heterocycles. The normalized spacial score (nSPS) is 16.4. The molecule has 0 bridgehead atoms. The third-order valence-corrected chi connectivity index (χ3v) is 8.06. The van der Waals surface area contributed by atoms with Crippen molar-refractivity contribution in [3.8, 4) is 5.75 Å². The van der Waals surface area contributed by atoms with Gasteiger partial charge in [-0.25, -0.2) is 17.8 Å². The second-order valence-corrected chi connectivity index (χ2v) is 10.6. The van der Waals surface area contributed by atoms with Crippen LogP contribution < -0.4 is 9.64 Å². The first-order valence-electron chi connectivity index (χ1n) is 10.2. The van der Waals surface area contributed by atoms with Gasteiger partial charge in [-0.3, -0.25) is 9.69 Å². The Kier molecular flexibility index (Phi) is 6.73. The van der Waals surface area contributed by atoms with Gasteiger partial charge in [0.15, 0.2) is 15.0 Å². The number of fused-ring (bicyclic) bond motifs is 1. The minimum absolute atomic E-state index is 0.132. The van der Waals surface area contributed by atoms with E-state index in [1.54, 1.807) is 18.2 Å². The van der Waals surface area contributed by atoms with Gasteiger partial charge < -0.3 is 9.47 Å². The van der Waals surface area contributed by atoms with Crippen molar-refractivity contribution in [1.29, 1.82) is 0 Å². The van der Waals surface area contributed by atoms with E-state index >= 15 is 0 Å². The molecular formula is C22H23FN2O5S2. The number of carbonyl (C=O) groups is 1. The summed E-state index contributed by atoms with van der Waals surface area (Å²) in [6, 6.07) is 10.3. The molecular weight excluding hydrogens is 455 g/mol. The first-order chi connectivity index (χ1) is 15.4. The molecule has 32 heavy (non-hydrogen) atoms. The third kappa shape index (κ3) is 5.08. The molecule has 7 nitrogen and oxygen atoms in total. The molecule has 1 unspecified atom stereocenters. The van der Waals surface area contributed by atoms with Gasteiger partial charge >= 0.3 is 0 Å². The first kappa shape index (κ1) is 22.6. The zero-order chi connectivity index (χ0) is 22.7. The minimum atomic E-state index is -3.65. The number of carbonyl (C=O) groups excluding carboxylic acids is 1. The fourth-order valence-corrected chi connectivity index (χ4v) is 5.78. The maximum Gasteiger partial charge on any atom is 0.229 e. The van der Waals surface area contributed by atoms with E-state index in [4.69, 9.17) is 9.47 Å². The molecule has 0 aliphatic carbocycles. The molecule has 3 aromatic rings. The molecule has 1 aliphatic rings. The van der Waals surface area contributed by atoms with Gasteiger partial charge in [0.1, 0.15) is 11.6 Å². The Morgan fingerprint density at radius 3 is 2.75 bits per heavy atom. The van der Waals surface area contributed by atoms with Crippen LogP contribution in [0, 0.1) is 5.82 Å². The van der Waals surface area contributed by atoms with Crippen molar-refractivity contribution < 1.29 is 27.1 Å². The lowest BCUT2D eigenvalue weighted by atomic mass is 10.2. The lowest BCUT2D eigenvalue weighted by molar-refractivity contribution is -0.118. The Balaban J connectivity index is 1.53. The van der Waals surface area contributed by atoms with E-state index in [1.807, 2.05) is 0 Å². The van der Waals surface area contributed by atoms with Gasteiger partial charge in [0, 0.05) is 13.0 Å². The summed E-state index contributed by atoms with van der Waals surface area (Å²) in [6.45, 7) is 0.910. The Hall–Kier alpha value is -2.56. The Bertz CT molecular complexity index is 1200. The number of anilines is 1. The number of aromatic nitrogens is 1. The zero-order valence-corrected chi connectivity index (χ0v) is 19.1. The van der Waals surface area contributed by atoms with Crippen molar-refractivity contribution in [2.45, 2.75) is 30.3 Å². The van der Waals surface area contributed by atoms with Crippen molar-refractivity contribution in [3.05, 3.63) is 48.3 Å². The van der Waals surface area contributed by atoms with Crippen LogP contribution in [-0.2, 0) is 19.4 Å². The summed E-state index contributed by atoms with van der Waals surface area (Å²) in [6.07, 6.45) is 1.38. The summed E-state index contributed by atoms with van der Waals surface area (Å²) in [5.41, 5.74) is 0.586. The Labute approximate surface area is 189 Å². The monoisotopic (exact) mass is 478 g/mol. The predicted octanol–water partition coefficient (Wildman–Crippen LogP) is 3.82. The SMILES string of the molecule is COc1ccc(S(=O)(=O)CCC(=O)N(CC2CCCO2)c2nc3ccc(F)cc3s2)cc1. The number of hydrogen-bond donors (Lipinski definition) is 0. The number of thiazole rings is 1. The number of methoxy groups -OCH3 is 1. The molecule has 4 rings (SSSR count). The fourth-order valence-electron chi connectivity index (χ4n) is 3.54. The lowest BCUT2D eigenvalue weighted by Crippen LogP contribution is -2.38. The number of amides is 1.